The molecule has 0 bridgehead atoms. The van der Waals surface area contributed by atoms with Crippen molar-refractivity contribution in [3.8, 4) is 0 Å². The van der Waals surface area contributed by atoms with Crippen molar-refractivity contribution in [2.75, 3.05) is 13.2 Å². The zero-order valence-electron chi connectivity index (χ0n) is 8.91. The van der Waals surface area contributed by atoms with Crippen LogP contribution in [0.4, 0.5) is 0 Å². The van der Waals surface area contributed by atoms with Gasteiger partial charge in [0.1, 0.15) is 0 Å². The summed E-state index contributed by atoms with van der Waals surface area (Å²) in [4.78, 5) is 11.6. The summed E-state index contributed by atoms with van der Waals surface area (Å²) in [5.41, 5.74) is 0.652. The van der Waals surface area contributed by atoms with Crippen molar-refractivity contribution in [2.45, 2.75) is 6.42 Å². The van der Waals surface area contributed by atoms with Gasteiger partial charge in [-0.05, 0) is 24.6 Å². The summed E-state index contributed by atoms with van der Waals surface area (Å²) in [6.07, 6.45) is 2.17. The molecule has 1 aromatic carbocycles. The normalized spacial score (nSPS) is 9.56. The van der Waals surface area contributed by atoms with Gasteiger partial charge in [0.2, 0.25) is 0 Å². The Labute approximate surface area is 104 Å². The monoisotopic (exact) mass is 283 g/mol. The number of halogens is 1. The summed E-state index contributed by atoms with van der Waals surface area (Å²) in [6, 6.07) is 7.28. The minimum atomic E-state index is -0.0695. The van der Waals surface area contributed by atoms with Gasteiger partial charge in [-0.25, -0.2) is 0 Å². The fraction of sp³-hybridized carbons (Fsp3) is 0.250. The Morgan fingerprint density at radius 2 is 2.38 bits per heavy atom. The molecule has 0 saturated heterocycles. The van der Waals surface area contributed by atoms with E-state index in [2.05, 4.69) is 27.8 Å². The molecule has 16 heavy (non-hydrogen) atoms. The van der Waals surface area contributed by atoms with E-state index in [1.165, 1.54) is 6.26 Å². The fourth-order valence-corrected chi connectivity index (χ4v) is 1.57. The molecule has 4 heteroatoms. The van der Waals surface area contributed by atoms with E-state index < -0.39 is 0 Å². The van der Waals surface area contributed by atoms with Crippen LogP contribution < -0.4 is 5.32 Å². The van der Waals surface area contributed by atoms with Crippen LogP contribution in [0.1, 0.15) is 16.8 Å². The Morgan fingerprint density at radius 3 is 3.06 bits per heavy atom. The van der Waals surface area contributed by atoms with Crippen LogP contribution in [0.5, 0.6) is 0 Å². The maximum Gasteiger partial charge on any atom is 0.251 e. The van der Waals surface area contributed by atoms with Gasteiger partial charge in [-0.2, -0.15) is 0 Å². The number of benzene rings is 1. The molecule has 1 rings (SSSR count). The van der Waals surface area contributed by atoms with E-state index in [-0.39, 0.29) is 5.91 Å². The number of hydrogen-bond donors (Lipinski definition) is 1. The molecule has 0 aliphatic rings. The molecular weight excluding hydrogens is 270 g/mol. The highest BCUT2D eigenvalue weighted by Crippen LogP contribution is 2.11. The summed E-state index contributed by atoms with van der Waals surface area (Å²) in [7, 11) is 0. The molecule has 1 N–H and O–H groups in total. The molecule has 0 fully saturated rings. The quantitative estimate of drug-likeness (QED) is 0.644. The van der Waals surface area contributed by atoms with Crippen LogP contribution in [-0.4, -0.2) is 19.1 Å². The second-order valence-corrected chi connectivity index (χ2v) is 4.07. The van der Waals surface area contributed by atoms with Gasteiger partial charge in [0.25, 0.3) is 5.91 Å². The topological polar surface area (TPSA) is 38.3 Å². The van der Waals surface area contributed by atoms with Crippen LogP contribution in [0.3, 0.4) is 0 Å². The van der Waals surface area contributed by atoms with E-state index in [9.17, 15) is 4.79 Å². The first-order valence-electron chi connectivity index (χ1n) is 5.00. The SMILES string of the molecule is C=COCCCNC(=O)c1cccc(Br)c1. The Morgan fingerprint density at radius 1 is 1.56 bits per heavy atom. The van der Waals surface area contributed by atoms with Crippen molar-refractivity contribution in [1.82, 2.24) is 5.32 Å². The molecule has 0 saturated carbocycles. The largest absolute Gasteiger partial charge is 0.502 e. The van der Waals surface area contributed by atoms with Gasteiger partial charge >= 0.3 is 0 Å². The van der Waals surface area contributed by atoms with Crippen molar-refractivity contribution >= 4 is 21.8 Å². The lowest BCUT2D eigenvalue weighted by molar-refractivity contribution is 0.0950. The predicted octanol–water partition coefficient (Wildman–Crippen LogP) is 2.73. The van der Waals surface area contributed by atoms with Crippen molar-refractivity contribution in [3.63, 3.8) is 0 Å². The van der Waals surface area contributed by atoms with E-state index in [0.717, 1.165) is 10.9 Å². The molecule has 1 amide bonds. The second kappa shape index (κ2) is 7.06. The molecule has 0 radical (unpaired) electrons. The van der Waals surface area contributed by atoms with Crippen molar-refractivity contribution < 1.29 is 9.53 Å². The highest BCUT2D eigenvalue weighted by Gasteiger charge is 2.04. The van der Waals surface area contributed by atoms with E-state index >= 15 is 0 Å². The van der Waals surface area contributed by atoms with Crippen LogP contribution in [-0.2, 0) is 4.74 Å². The Bertz CT molecular complexity index is 366. The predicted molar refractivity (Wildman–Crippen MR) is 67.2 cm³/mol. The van der Waals surface area contributed by atoms with Crippen molar-refractivity contribution in [2.24, 2.45) is 0 Å². The van der Waals surface area contributed by atoms with Crippen LogP contribution in [0.15, 0.2) is 41.6 Å². The number of rotatable bonds is 6. The van der Waals surface area contributed by atoms with Gasteiger partial charge in [-0.15, -0.1) is 0 Å². The summed E-state index contributed by atoms with van der Waals surface area (Å²) >= 11 is 3.32. The second-order valence-electron chi connectivity index (χ2n) is 3.16. The number of carbonyl (C=O) groups excluding carboxylic acids is 1. The number of amides is 1. The molecule has 86 valence electrons. The third-order valence-corrected chi connectivity index (χ3v) is 2.42. The number of nitrogens with one attached hydrogen (secondary N) is 1. The smallest absolute Gasteiger partial charge is 0.251 e. The number of ether oxygens (including phenoxy) is 1. The van der Waals surface area contributed by atoms with Gasteiger partial charge in [0, 0.05) is 16.6 Å². The molecule has 0 spiro atoms. The standard InChI is InChI=1S/C12H14BrNO2/c1-2-16-8-4-7-14-12(15)10-5-3-6-11(13)9-10/h2-3,5-6,9H,1,4,7-8H2,(H,14,15). The summed E-state index contributed by atoms with van der Waals surface area (Å²) in [5, 5.41) is 2.81. The molecular formula is C12H14BrNO2. The van der Waals surface area contributed by atoms with Gasteiger partial charge in [-0.3, -0.25) is 4.79 Å². The number of hydrogen-bond acceptors (Lipinski definition) is 2. The maximum atomic E-state index is 11.6. The minimum Gasteiger partial charge on any atom is -0.502 e. The summed E-state index contributed by atoms with van der Waals surface area (Å²) < 4.78 is 5.84. The van der Waals surface area contributed by atoms with E-state index in [4.69, 9.17) is 4.74 Å². The third-order valence-electron chi connectivity index (χ3n) is 1.93. The first kappa shape index (κ1) is 12.8. The van der Waals surface area contributed by atoms with E-state index in [1.807, 2.05) is 12.1 Å². The molecule has 0 atom stereocenters. The van der Waals surface area contributed by atoms with Crippen LogP contribution in [0, 0.1) is 0 Å². The first-order valence-corrected chi connectivity index (χ1v) is 5.79. The summed E-state index contributed by atoms with van der Waals surface area (Å²) in [5.74, 6) is -0.0695. The van der Waals surface area contributed by atoms with Crippen LogP contribution in [0.25, 0.3) is 0 Å². The van der Waals surface area contributed by atoms with Gasteiger partial charge in [-0.1, -0.05) is 28.6 Å². The Hall–Kier alpha value is -1.29. The highest BCUT2D eigenvalue weighted by atomic mass is 79.9. The molecule has 1 aromatic rings. The van der Waals surface area contributed by atoms with Crippen LogP contribution in [0.2, 0.25) is 0 Å². The highest BCUT2D eigenvalue weighted by molar-refractivity contribution is 9.10. The molecule has 3 nitrogen and oxygen atoms in total. The zero-order valence-corrected chi connectivity index (χ0v) is 10.5. The minimum absolute atomic E-state index is 0.0695. The maximum absolute atomic E-state index is 11.6. The Kier molecular flexibility index (Phi) is 5.64. The van der Waals surface area contributed by atoms with Crippen molar-refractivity contribution in [1.29, 1.82) is 0 Å². The van der Waals surface area contributed by atoms with Crippen LogP contribution >= 0.6 is 15.9 Å². The Balaban J connectivity index is 2.32. The average molecular weight is 284 g/mol. The van der Waals surface area contributed by atoms with Gasteiger partial charge in [0.15, 0.2) is 0 Å². The number of carbonyl (C=O) groups is 1. The molecule has 0 heterocycles. The average Bonchev–Trinajstić information content (AvgIpc) is 2.28. The lowest BCUT2D eigenvalue weighted by Crippen LogP contribution is -2.25. The lowest BCUT2D eigenvalue weighted by atomic mass is 10.2. The third kappa shape index (κ3) is 4.49. The fourth-order valence-electron chi connectivity index (χ4n) is 1.17. The van der Waals surface area contributed by atoms with E-state index in [0.29, 0.717) is 18.7 Å². The molecule has 0 aliphatic carbocycles. The van der Waals surface area contributed by atoms with Crippen molar-refractivity contribution in [3.05, 3.63) is 47.1 Å². The zero-order chi connectivity index (χ0) is 11.8. The van der Waals surface area contributed by atoms with Gasteiger partial charge in [0.05, 0.1) is 12.9 Å². The van der Waals surface area contributed by atoms with E-state index in [1.54, 1.807) is 12.1 Å². The molecule has 0 aromatic heterocycles. The lowest BCUT2D eigenvalue weighted by Gasteiger charge is -2.05. The first-order chi connectivity index (χ1) is 7.74. The van der Waals surface area contributed by atoms with Gasteiger partial charge < -0.3 is 10.1 Å². The molecule has 0 aliphatic heterocycles. The summed E-state index contributed by atoms with van der Waals surface area (Å²) in [6.45, 7) is 4.60. The molecule has 0 unspecified atom stereocenters.